The van der Waals surface area contributed by atoms with Gasteiger partial charge in [0.2, 0.25) is 5.89 Å². The lowest BCUT2D eigenvalue weighted by Crippen LogP contribution is -2.49. The number of likely N-dealkylation sites (N-methyl/N-ethyl adjacent to an activating group) is 1. The molecule has 0 radical (unpaired) electrons. The van der Waals surface area contributed by atoms with Crippen LogP contribution in [0.4, 0.5) is 0 Å². The van der Waals surface area contributed by atoms with Crippen molar-refractivity contribution >= 4 is 5.91 Å². The van der Waals surface area contributed by atoms with Crippen molar-refractivity contribution < 1.29 is 14.1 Å². The number of morpholine rings is 1. The number of benzene rings is 1. The molecule has 1 aliphatic heterocycles. The number of hydrogen-bond donors (Lipinski definition) is 0. The van der Waals surface area contributed by atoms with Gasteiger partial charge in [0, 0.05) is 33.1 Å². The Balaban J connectivity index is 1.55. The van der Waals surface area contributed by atoms with Gasteiger partial charge in [-0.2, -0.15) is 4.98 Å². The highest BCUT2D eigenvalue weighted by molar-refractivity contribution is 5.81. The molecule has 0 spiro atoms. The van der Waals surface area contributed by atoms with E-state index in [4.69, 9.17) is 9.26 Å². The van der Waals surface area contributed by atoms with Gasteiger partial charge in [0.05, 0.1) is 13.2 Å². The summed E-state index contributed by atoms with van der Waals surface area (Å²) in [6.45, 7) is 5.04. The van der Waals surface area contributed by atoms with Crippen molar-refractivity contribution in [1.82, 2.24) is 19.9 Å². The summed E-state index contributed by atoms with van der Waals surface area (Å²) in [7, 11) is 1.73. The second-order valence-electron chi connectivity index (χ2n) is 6.23. The first-order valence-electron chi connectivity index (χ1n) is 8.60. The summed E-state index contributed by atoms with van der Waals surface area (Å²) in [6.07, 6.45) is 0.248. The molecule has 1 atom stereocenters. The Morgan fingerprint density at radius 3 is 2.88 bits per heavy atom. The quantitative estimate of drug-likeness (QED) is 0.791. The van der Waals surface area contributed by atoms with Gasteiger partial charge in [-0.25, -0.2) is 0 Å². The van der Waals surface area contributed by atoms with E-state index in [0.29, 0.717) is 37.8 Å². The fourth-order valence-electron chi connectivity index (χ4n) is 2.86. The summed E-state index contributed by atoms with van der Waals surface area (Å²) >= 11 is 0. The van der Waals surface area contributed by atoms with Crippen molar-refractivity contribution in [3.63, 3.8) is 0 Å². The third-order valence-corrected chi connectivity index (χ3v) is 4.25. The van der Waals surface area contributed by atoms with Crippen LogP contribution in [0.2, 0.25) is 0 Å². The number of nitrogens with zero attached hydrogens (tertiary/aromatic N) is 4. The highest BCUT2D eigenvalue weighted by atomic mass is 16.5. The third-order valence-electron chi connectivity index (χ3n) is 4.25. The molecular formula is C18H24N4O3. The van der Waals surface area contributed by atoms with Crippen LogP contribution in [0.1, 0.15) is 24.2 Å². The van der Waals surface area contributed by atoms with Crippen LogP contribution in [0.3, 0.4) is 0 Å². The largest absolute Gasteiger partial charge is 0.366 e. The molecule has 1 amide bonds. The Labute approximate surface area is 147 Å². The zero-order chi connectivity index (χ0) is 17.6. The Hall–Kier alpha value is -2.25. The lowest BCUT2D eigenvalue weighted by Gasteiger charge is -2.33. The molecule has 0 unspecified atom stereocenters. The Morgan fingerprint density at radius 2 is 2.16 bits per heavy atom. The van der Waals surface area contributed by atoms with Gasteiger partial charge in [-0.1, -0.05) is 42.4 Å². The number of carbonyl (C=O) groups excluding carboxylic acids is 1. The first kappa shape index (κ1) is 17.6. The van der Waals surface area contributed by atoms with Crippen LogP contribution in [0.5, 0.6) is 0 Å². The smallest absolute Gasteiger partial charge is 0.253 e. The normalized spacial score (nSPS) is 18.2. The standard InChI is InChI=1S/C18H24N4O3/c1-3-16-19-17(25-20-16)13-21(2)18(23)15-12-22(9-10-24-15)11-14-7-5-4-6-8-14/h4-8,15H,3,9-13H2,1-2H3/t15-/m0/s1. The second kappa shape index (κ2) is 8.22. The van der Waals surface area contributed by atoms with E-state index in [1.165, 1.54) is 5.56 Å². The van der Waals surface area contributed by atoms with E-state index in [2.05, 4.69) is 27.2 Å². The number of hydrogen-bond acceptors (Lipinski definition) is 6. The van der Waals surface area contributed by atoms with Gasteiger partial charge in [0.25, 0.3) is 5.91 Å². The van der Waals surface area contributed by atoms with Gasteiger partial charge in [-0.05, 0) is 5.56 Å². The van der Waals surface area contributed by atoms with Crippen LogP contribution in [0, 0.1) is 0 Å². The topological polar surface area (TPSA) is 71.7 Å². The highest BCUT2D eigenvalue weighted by Gasteiger charge is 2.29. The molecule has 1 aliphatic rings. The molecule has 2 heterocycles. The monoisotopic (exact) mass is 344 g/mol. The Bertz CT molecular complexity index is 689. The van der Waals surface area contributed by atoms with E-state index in [0.717, 1.165) is 13.1 Å². The van der Waals surface area contributed by atoms with E-state index in [9.17, 15) is 4.79 Å². The number of amides is 1. The minimum absolute atomic E-state index is 0.0611. The summed E-state index contributed by atoms with van der Waals surface area (Å²) < 4.78 is 10.9. The molecule has 2 aromatic rings. The third kappa shape index (κ3) is 4.64. The zero-order valence-electron chi connectivity index (χ0n) is 14.7. The fraction of sp³-hybridized carbons (Fsp3) is 0.500. The van der Waals surface area contributed by atoms with Crippen LogP contribution in [0.25, 0.3) is 0 Å². The van der Waals surface area contributed by atoms with E-state index >= 15 is 0 Å². The van der Waals surface area contributed by atoms with Crippen LogP contribution < -0.4 is 0 Å². The predicted molar refractivity (Wildman–Crippen MR) is 91.6 cm³/mol. The van der Waals surface area contributed by atoms with Crippen LogP contribution >= 0.6 is 0 Å². The molecule has 3 rings (SSSR count). The predicted octanol–water partition coefficient (Wildman–Crippen LogP) is 1.49. The molecule has 134 valence electrons. The Morgan fingerprint density at radius 1 is 1.36 bits per heavy atom. The molecule has 0 saturated carbocycles. The van der Waals surface area contributed by atoms with Crippen molar-refractivity contribution in [3.8, 4) is 0 Å². The minimum Gasteiger partial charge on any atom is -0.366 e. The highest BCUT2D eigenvalue weighted by Crippen LogP contribution is 2.13. The molecule has 7 heteroatoms. The summed E-state index contributed by atoms with van der Waals surface area (Å²) in [5.74, 6) is 1.04. The van der Waals surface area contributed by atoms with Gasteiger partial charge >= 0.3 is 0 Å². The lowest BCUT2D eigenvalue weighted by atomic mass is 10.2. The average molecular weight is 344 g/mol. The van der Waals surface area contributed by atoms with Gasteiger partial charge in [0.1, 0.15) is 6.10 Å². The van der Waals surface area contributed by atoms with Crippen molar-refractivity contribution in [1.29, 1.82) is 0 Å². The molecule has 1 aromatic heterocycles. The maximum absolute atomic E-state index is 12.7. The first-order valence-corrected chi connectivity index (χ1v) is 8.60. The van der Waals surface area contributed by atoms with Crippen LogP contribution in [-0.2, 0) is 29.0 Å². The molecular weight excluding hydrogens is 320 g/mol. The number of carbonyl (C=O) groups is 1. The van der Waals surface area contributed by atoms with Crippen molar-refractivity contribution in [2.75, 3.05) is 26.7 Å². The van der Waals surface area contributed by atoms with E-state index in [1.807, 2.05) is 25.1 Å². The lowest BCUT2D eigenvalue weighted by molar-refractivity contribution is -0.149. The molecule has 0 aliphatic carbocycles. The first-order chi connectivity index (χ1) is 12.2. The van der Waals surface area contributed by atoms with E-state index in [-0.39, 0.29) is 5.91 Å². The molecule has 0 bridgehead atoms. The number of aryl methyl sites for hydroxylation is 1. The summed E-state index contributed by atoms with van der Waals surface area (Å²) in [5, 5.41) is 3.85. The average Bonchev–Trinajstić information content (AvgIpc) is 3.09. The van der Waals surface area contributed by atoms with Crippen molar-refractivity contribution in [3.05, 3.63) is 47.6 Å². The van der Waals surface area contributed by atoms with Crippen molar-refractivity contribution in [2.24, 2.45) is 0 Å². The molecule has 25 heavy (non-hydrogen) atoms. The second-order valence-corrected chi connectivity index (χ2v) is 6.23. The molecule has 1 aromatic carbocycles. The summed E-state index contributed by atoms with van der Waals surface area (Å²) in [6, 6.07) is 10.3. The van der Waals surface area contributed by atoms with E-state index < -0.39 is 6.10 Å². The van der Waals surface area contributed by atoms with Crippen LogP contribution in [0.15, 0.2) is 34.9 Å². The number of aromatic nitrogens is 2. The maximum Gasteiger partial charge on any atom is 0.253 e. The molecule has 7 nitrogen and oxygen atoms in total. The fourth-order valence-corrected chi connectivity index (χ4v) is 2.86. The van der Waals surface area contributed by atoms with Crippen LogP contribution in [-0.4, -0.2) is 58.7 Å². The summed E-state index contributed by atoms with van der Waals surface area (Å²) in [5.41, 5.74) is 1.24. The Kier molecular flexibility index (Phi) is 5.78. The maximum atomic E-state index is 12.7. The van der Waals surface area contributed by atoms with Gasteiger partial charge in [0.15, 0.2) is 5.82 Å². The van der Waals surface area contributed by atoms with Gasteiger partial charge in [-0.15, -0.1) is 0 Å². The summed E-state index contributed by atoms with van der Waals surface area (Å²) in [4.78, 5) is 20.7. The van der Waals surface area contributed by atoms with Crippen molar-refractivity contribution in [2.45, 2.75) is 32.5 Å². The zero-order valence-corrected chi connectivity index (χ0v) is 14.7. The number of ether oxygens (including phenoxy) is 1. The van der Waals surface area contributed by atoms with Gasteiger partial charge < -0.3 is 14.2 Å². The molecule has 1 saturated heterocycles. The molecule has 0 N–H and O–H groups in total. The molecule has 1 fully saturated rings. The van der Waals surface area contributed by atoms with E-state index in [1.54, 1.807) is 11.9 Å². The SMILES string of the molecule is CCc1noc(CN(C)C(=O)[C@@H]2CN(Cc3ccccc3)CCO2)n1. The minimum atomic E-state index is -0.462. The number of rotatable bonds is 6. The van der Waals surface area contributed by atoms with Gasteiger partial charge in [-0.3, -0.25) is 9.69 Å².